The lowest BCUT2D eigenvalue weighted by Crippen LogP contribution is -2.62. The van der Waals surface area contributed by atoms with Crippen LogP contribution in [0.2, 0.25) is 0 Å². The Morgan fingerprint density at radius 2 is 2.05 bits per heavy atom. The van der Waals surface area contributed by atoms with Crippen LogP contribution < -0.4 is 0 Å². The quantitative estimate of drug-likeness (QED) is 0.494. The number of hydrogen-bond donors (Lipinski definition) is 2. The molecule has 0 aromatic carbocycles. The van der Waals surface area contributed by atoms with E-state index in [2.05, 4.69) is 6.58 Å². The number of carbonyl (C=O) groups is 2. The summed E-state index contributed by atoms with van der Waals surface area (Å²) in [5.41, 5.74) is -1.98. The number of hydrogen-bond acceptors (Lipinski definition) is 5. The molecule has 0 bridgehead atoms. The highest BCUT2D eigenvalue weighted by atomic mass is 16.6. The minimum absolute atomic E-state index is 0.153. The van der Waals surface area contributed by atoms with Crippen LogP contribution in [0.4, 0.5) is 0 Å². The Kier molecular flexibility index (Phi) is 2.57. The SMILES string of the molecule is C=C1C(=O)O[C@H]2[C@H]1[C@@H](O)C[C@@]1(C)C(=O)C=C[C@@](C)(O)[C@H]21. The third kappa shape index (κ3) is 1.50. The predicted molar refractivity (Wildman–Crippen MR) is 69.5 cm³/mol. The van der Waals surface area contributed by atoms with Gasteiger partial charge in [0, 0.05) is 16.9 Å². The molecule has 5 nitrogen and oxygen atoms in total. The third-order valence-electron chi connectivity index (χ3n) is 5.09. The second kappa shape index (κ2) is 3.80. The van der Waals surface area contributed by atoms with Gasteiger partial charge < -0.3 is 14.9 Å². The molecular formula is C15H18O5. The Bertz CT molecular complexity index is 546. The first kappa shape index (κ1) is 13.5. The largest absolute Gasteiger partial charge is 0.458 e. The third-order valence-corrected chi connectivity index (χ3v) is 5.09. The smallest absolute Gasteiger partial charge is 0.334 e. The van der Waals surface area contributed by atoms with E-state index in [9.17, 15) is 19.8 Å². The molecular weight excluding hydrogens is 260 g/mol. The molecule has 0 radical (unpaired) electrons. The van der Waals surface area contributed by atoms with Gasteiger partial charge in [0.05, 0.1) is 17.6 Å². The van der Waals surface area contributed by atoms with Crippen LogP contribution in [0.1, 0.15) is 20.3 Å². The maximum Gasteiger partial charge on any atom is 0.334 e. The first-order valence-corrected chi connectivity index (χ1v) is 6.72. The monoisotopic (exact) mass is 278 g/mol. The Labute approximate surface area is 116 Å². The van der Waals surface area contributed by atoms with Crippen LogP contribution >= 0.6 is 0 Å². The van der Waals surface area contributed by atoms with Gasteiger partial charge in [-0.15, -0.1) is 0 Å². The van der Waals surface area contributed by atoms with Gasteiger partial charge in [-0.3, -0.25) is 4.79 Å². The van der Waals surface area contributed by atoms with E-state index in [0.717, 1.165) is 0 Å². The zero-order chi connectivity index (χ0) is 14.9. The first-order chi connectivity index (χ1) is 9.18. The molecule has 108 valence electrons. The second-order valence-electron chi connectivity index (χ2n) is 6.51. The molecule has 0 amide bonds. The van der Waals surface area contributed by atoms with Crippen molar-refractivity contribution >= 4 is 11.8 Å². The summed E-state index contributed by atoms with van der Waals surface area (Å²) in [4.78, 5) is 24.0. The summed E-state index contributed by atoms with van der Waals surface area (Å²) >= 11 is 0. The number of esters is 1. The lowest BCUT2D eigenvalue weighted by atomic mass is 9.53. The highest BCUT2D eigenvalue weighted by Gasteiger charge is 2.64. The number of ether oxygens (including phenoxy) is 1. The van der Waals surface area contributed by atoms with Crippen LogP contribution in [0.15, 0.2) is 24.3 Å². The van der Waals surface area contributed by atoms with E-state index in [1.165, 1.54) is 12.2 Å². The fourth-order valence-corrected chi connectivity index (χ4v) is 4.15. The molecule has 5 heteroatoms. The van der Waals surface area contributed by atoms with Gasteiger partial charge in [-0.05, 0) is 25.5 Å². The van der Waals surface area contributed by atoms with Crippen molar-refractivity contribution in [2.45, 2.75) is 38.1 Å². The predicted octanol–water partition coefficient (Wildman–Crippen LogP) is 0.361. The van der Waals surface area contributed by atoms with Crippen LogP contribution in [-0.4, -0.2) is 39.8 Å². The van der Waals surface area contributed by atoms with Crippen LogP contribution in [0.5, 0.6) is 0 Å². The molecule has 1 saturated heterocycles. The molecule has 3 rings (SSSR count). The molecule has 3 aliphatic rings. The van der Waals surface area contributed by atoms with Crippen molar-refractivity contribution in [1.82, 2.24) is 0 Å². The van der Waals surface area contributed by atoms with E-state index >= 15 is 0 Å². The van der Waals surface area contributed by atoms with Gasteiger partial charge >= 0.3 is 5.97 Å². The summed E-state index contributed by atoms with van der Waals surface area (Å²) in [6.07, 6.45) is 1.41. The van der Waals surface area contributed by atoms with Gasteiger partial charge in [-0.2, -0.15) is 0 Å². The highest BCUT2D eigenvalue weighted by molar-refractivity contribution is 5.97. The van der Waals surface area contributed by atoms with Gasteiger partial charge in [0.15, 0.2) is 5.78 Å². The average molecular weight is 278 g/mol. The number of aliphatic hydroxyl groups excluding tert-OH is 1. The minimum atomic E-state index is -1.27. The van der Waals surface area contributed by atoms with Crippen molar-refractivity contribution in [2.75, 3.05) is 0 Å². The molecule has 2 aliphatic carbocycles. The van der Waals surface area contributed by atoms with Crippen molar-refractivity contribution in [3.63, 3.8) is 0 Å². The summed E-state index contributed by atoms with van der Waals surface area (Å²) < 4.78 is 5.32. The number of ketones is 1. The van der Waals surface area contributed by atoms with Gasteiger partial charge in [0.1, 0.15) is 6.10 Å². The van der Waals surface area contributed by atoms with Crippen molar-refractivity contribution in [2.24, 2.45) is 17.3 Å². The van der Waals surface area contributed by atoms with E-state index in [1.54, 1.807) is 13.8 Å². The van der Waals surface area contributed by atoms with E-state index in [0.29, 0.717) is 0 Å². The van der Waals surface area contributed by atoms with Crippen LogP contribution in [0, 0.1) is 17.3 Å². The standard InChI is InChI=1S/C15H18O5/c1-7-10-8(16)6-14(2)9(17)4-5-15(3,19)12(14)11(10)20-13(7)18/h4-5,8,10-12,16,19H,1,6H2,2-3H3/t8-,10+,11-,12+,14-,15+/m0/s1. The lowest BCUT2D eigenvalue weighted by Gasteiger charge is -2.53. The van der Waals surface area contributed by atoms with E-state index in [1.807, 2.05) is 0 Å². The fraction of sp³-hybridized carbons (Fsp3) is 0.600. The van der Waals surface area contributed by atoms with E-state index in [4.69, 9.17) is 4.74 Å². The van der Waals surface area contributed by atoms with Crippen LogP contribution in [0.3, 0.4) is 0 Å². The molecule has 2 fully saturated rings. The maximum atomic E-state index is 12.3. The first-order valence-electron chi connectivity index (χ1n) is 6.72. The molecule has 6 atom stereocenters. The number of rotatable bonds is 0. The molecule has 2 N–H and O–H groups in total. The molecule has 0 spiro atoms. The van der Waals surface area contributed by atoms with E-state index < -0.39 is 41.0 Å². The van der Waals surface area contributed by atoms with Crippen molar-refractivity contribution in [3.05, 3.63) is 24.3 Å². The summed E-state index contributed by atoms with van der Waals surface area (Å²) in [7, 11) is 0. The van der Waals surface area contributed by atoms with Crippen molar-refractivity contribution < 1.29 is 24.5 Å². The lowest BCUT2D eigenvalue weighted by molar-refractivity contribution is -0.179. The summed E-state index contributed by atoms with van der Waals surface area (Å²) in [5, 5.41) is 20.9. The van der Waals surface area contributed by atoms with Crippen molar-refractivity contribution in [3.8, 4) is 0 Å². The normalized spacial score (nSPS) is 50.7. The summed E-state index contributed by atoms with van der Waals surface area (Å²) in [6.45, 7) is 6.99. The zero-order valence-corrected chi connectivity index (χ0v) is 11.5. The average Bonchev–Trinajstić information content (AvgIpc) is 2.60. The minimum Gasteiger partial charge on any atom is -0.458 e. The highest BCUT2D eigenvalue weighted by Crippen LogP contribution is 2.55. The number of aliphatic hydroxyl groups is 2. The fourth-order valence-electron chi connectivity index (χ4n) is 4.15. The zero-order valence-electron chi connectivity index (χ0n) is 11.5. The van der Waals surface area contributed by atoms with E-state index in [-0.39, 0.29) is 17.8 Å². The van der Waals surface area contributed by atoms with Crippen molar-refractivity contribution in [1.29, 1.82) is 0 Å². The molecule has 1 heterocycles. The van der Waals surface area contributed by atoms with Gasteiger partial charge in [0.2, 0.25) is 0 Å². The maximum absolute atomic E-state index is 12.3. The molecule has 20 heavy (non-hydrogen) atoms. The van der Waals surface area contributed by atoms with Crippen LogP contribution in [-0.2, 0) is 14.3 Å². The Morgan fingerprint density at radius 1 is 1.40 bits per heavy atom. The number of allylic oxidation sites excluding steroid dienone is 1. The van der Waals surface area contributed by atoms with Gasteiger partial charge in [-0.25, -0.2) is 4.79 Å². The van der Waals surface area contributed by atoms with Crippen LogP contribution in [0.25, 0.3) is 0 Å². The molecule has 1 saturated carbocycles. The summed E-state index contributed by atoms with van der Waals surface area (Å²) in [5.74, 6) is -1.84. The molecule has 0 aromatic heterocycles. The van der Waals surface area contributed by atoms with Gasteiger partial charge in [-0.1, -0.05) is 13.5 Å². The topological polar surface area (TPSA) is 83.8 Å². The Balaban J connectivity index is 2.14. The second-order valence-corrected chi connectivity index (χ2v) is 6.51. The van der Waals surface area contributed by atoms with Gasteiger partial charge in [0.25, 0.3) is 0 Å². The summed E-state index contributed by atoms with van der Waals surface area (Å²) in [6, 6.07) is 0. The molecule has 0 unspecified atom stereocenters. The number of fused-ring (bicyclic) bond motifs is 3. The molecule has 0 aromatic rings. The Hall–Kier alpha value is -1.46. The molecule has 1 aliphatic heterocycles. The Morgan fingerprint density at radius 3 is 2.70 bits per heavy atom. The number of carbonyl (C=O) groups excluding carboxylic acids is 2.